The van der Waals surface area contributed by atoms with Crippen molar-refractivity contribution >= 4 is 40.0 Å². The number of carbonyl (C=O) groups is 2. The molecule has 35 heavy (non-hydrogen) atoms. The second-order valence-electron chi connectivity index (χ2n) is 8.60. The molecule has 1 atom stereocenters. The Bertz CT molecular complexity index is 1300. The van der Waals surface area contributed by atoms with E-state index in [1.165, 1.54) is 17.3 Å². The number of alkyl halides is 3. The number of aromatic nitrogens is 4. The summed E-state index contributed by atoms with van der Waals surface area (Å²) in [5, 5.41) is 7.54. The summed E-state index contributed by atoms with van der Waals surface area (Å²) in [6.45, 7) is 3.87. The summed E-state index contributed by atoms with van der Waals surface area (Å²) in [7, 11) is 1.81. The number of anilines is 3. The zero-order valence-electron chi connectivity index (χ0n) is 19.1. The van der Waals surface area contributed by atoms with Crippen molar-refractivity contribution in [3.05, 3.63) is 36.3 Å². The molecule has 2 amide bonds. The zero-order chi connectivity index (χ0) is 24.9. The maximum atomic E-state index is 13.4. The Balaban J connectivity index is 1.31. The highest BCUT2D eigenvalue weighted by atomic mass is 19.4. The molecule has 1 fully saturated rings. The highest BCUT2D eigenvalue weighted by Gasteiger charge is 2.36. The van der Waals surface area contributed by atoms with Crippen LogP contribution < -0.4 is 15.1 Å². The Hall–Kier alpha value is -3.74. The van der Waals surface area contributed by atoms with Crippen LogP contribution in [0.5, 0.6) is 0 Å². The third-order valence-electron chi connectivity index (χ3n) is 6.48. The van der Waals surface area contributed by atoms with Gasteiger partial charge in [-0.15, -0.1) is 0 Å². The number of benzene rings is 1. The van der Waals surface area contributed by atoms with E-state index in [0.29, 0.717) is 26.2 Å². The van der Waals surface area contributed by atoms with Gasteiger partial charge < -0.3 is 10.2 Å². The van der Waals surface area contributed by atoms with E-state index in [4.69, 9.17) is 0 Å². The Morgan fingerprint density at radius 3 is 2.60 bits per heavy atom. The van der Waals surface area contributed by atoms with Crippen molar-refractivity contribution in [3.63, 3.8) is 0 Å². The largest absolute Gasteiger partial charge is 0.416 e. The zero-order valence-corrected chi connectivity index (χ0v) is 19.1. The van der Waals surface area contributed by atoms with Crippen molar-refractivity contribution < 1.29 is 22.8 Å². The number of amides is 2. The number of fused-ring (bicyclic) bond motifs is 2. The molecule has 3 aromatic rings. The van der Waals surface area contributed by atoms with Crippen molar-refractivity contribution in [2.45, 2.75) is 19.1 Å². The summed E-state index contributed by atoms with van der Waals surface area (Å²) >= 11 is 0. The lowest BCUT2D eigenvalue weighted by Gasteiger charge is -2.40. The van der Waals surface area contributed by atoms with Crippen LogP contribution in [0, 0.1) is 0 Å². The molecule has 0 radical (unpaired) electrons. The highest BCUT2D eigenvalue weighted by molar-refractivity contribution is 6.11. The second-order valence-corrected chi connectivity index (χ2v) is 8.60. The normalized spacial score (nSPS) is 17.9. The first-order valence-corrected chi connectivity index (χ1v) is 11.1. The van der Waals surface area contributed by atoms with Gasteiger partial charge in [0.05, 0.1) is 34.6 Å². The van der Waals surface area contributed by atoms with Gasteiger partial charge in [-0.3, -0.25) is 24.1 Å². The molecule has 1 unspecified atom stereocenters. The number of halogens is 3. The van der Waals surface area contributed by atoms with Crippen LogP contribution in [0.2, 0.25) is 0 Å². The van der Waals surface area contributed by atoms with Gasteiger partial charge >= 0.3 is 6.18 Å². The Morgan fingerprint density at radius 2 is 1.89 bits per heavy atom. The molecule has 0 bridgehead atoms. The quantitative estimate of drug-likeness (QED) is 0.601. The molecule has 13 heteroatoms. The van der Waals surface area contributed by atoms with E-state index in [2.05, 4.69) is 25.3 Å². The summed E-state index contributed by atoms with van der Waals surface area (Å²) in [5.41, 5.74) is 0.0814. The molecule has 1 N–H and O–H groups in total. The smallest absolute Gasteiger partial charge is 0.353 e. The fourth-order valence-electron chi connectivity index (χ4n) is 4.57. The van der Waals surface area contributed by atoms with Gasteiger partial charge in [0.2, 0.25) is 11.8 Å². The third-order valence-corrected chi connectivity index (χ3v) is 6.48. The minimum atomic E-state index is -4.55. The SMILES string of the molecule is CC(C(=O)N1CC(=O)Nc2cc(C(F)(F)F)ccc21)N1CCN(c2ncnc3c2cnn3C)CC1. The molecule has 0 aliphatic carbocycles. The highest BCUT2D eigenvalue weighted by Crippen LogP contribution is 2.37. The maximum Gasteiger partial charge on any atom is 0.416 e. The Labute approximate surface area is 198 Å². The van der Waals surface area contributed by atoms with Crippen LogP contribution in [-0.4, -0.2) is 75.2 Å². The Kier molecular flexibility index (Phi) is 5.58. The van der Waals surface area contributed by atoms with E-state index in [-0.39, 0.29) is 23.8 Å². The van der Waals surface area contributed by atoms with Crippen molar-refractivity contribution in [3.8, 4) is 0 Å². The molecular weight excluding hydrogens is 465 g/mol. The van der Waals surface area contributed by atoms with Crippen LogP contribution in [0.15, 0.2) is 30.7 Å². The number of hydrogen-bond acceptors (Lipinski definition) is 7. The van der Waals surface area contributed by atoms with E-state index in [1.807, 2.05) is 11.9 Å². The van der Waals surface area contributed by atoms with E-state index < -0.39 is 23.7 Å². The van der Waals surface area contributed by atoms with Crippen LogP contribution in [0.4, 0.5) is 30.4 Å². The van der Waals surface area contributed by atoms with E-state index in [0.717, 1.165) is 29.0 Å². The third kappa shape index (κ3) is 4.16. The number of nitrogens with one attached hydrogen (secondary N) is 1. The van der Waals surface area contributed by atoms with Crippen molar-refractivity contribution in [1.82, 2.24) is 24.6 Å². The minimum absolute atomic E-state index is 0.0225. The van der Waals surface area contributed by atoms with Gasteiger partial charge in [0.1, 0.15) is 18.7 Å². The van der Waals surface area contributed by atoms with Crippen molar-refractivity contribution in [1.29, 1.82) is 0 Å². The molecule has 5 rings (SSSR count). The molecule has 0 saturated carbocycles. The average Bonchev–Trinajstić information content (AvgIpc) is 3.22. The first-order valence-electron chi connectivity index (χ1n) is 11.1. The standard InChI is InChI=1S/C22H23F3N8O2/c1-13(21(35)33-11-18(34)29-16-9-14(22(23,24)25)3-4-17(16)33)31-5-7-32(8-6-31)20-15-10-28-30(2)19(15)26-12-27-20/h3-4,9-10,12-13H,5-8,11H2,1-2H3,(H,29,34). The molecule has 2 aromatic heterocycles. The van der Waals surface area contributed by atoms with Gasteiger partial charge in [-0.1, -0.05) is 0 Å². The predicted octanol–water partition coefficient (Wildman–Crippen LogP) is 1.88. The first-order chi connectivity index (χ1) is 16.6. The van der Waals surface area contributed by atoms with E-state index >= 15 is 0 Å². The number of rotatable bonds is 3. The minimum Gasteiger partial charge on any atom is -0.353 e. The molecule has 184 valence electrons. The van der Waals surface area contributed by atoms with Crippen LogP contribution in [0.25, 0.3) is 11.0 Å². The first kappa shape index (κ1) is 23.0. The summed E-state index contributed by atoms with van der Waals surface area (Å²) in [5.74, 6) is -0.0961. The predicted molar refractivity (Wildman–Crippen MR) is 122 cm³/mol. The fourth-order valence-corrected chi connectivity index (χ4v) is 4.57. The second kappa shape index (κ2) is 8.48. The lowest BCUT2D eigenvalue weighted by atomic mass is 10.1. The summed E-state index contributed by atoms with van der Waals surface area (Å²) < 4.78 is 41.0. The molecule has 10 nitrogen and oxygen atoms in total. The monoisotopic (exact) mass is 488 g/mol. The van der Waals surface area contributed by atoms with Gasteiger partial charge in [-0.2, -0.15) is 18.3 Å². The molecule has 0 spiro atoms. The number of nitrogens with zero attached hydrogens (tertiary/aromatic N) is 7. The topological polar surface area (TPSA) is 99.5 Å². The lowest BCUT2D eigenvalue weighted by Crippen LogP contribution is -2.56. The fraction of sp³-hybridized carbons (Fsp3) is 0.409. The van der Waals surface area contributed by atoms with Crippen molar-refractivity contribution in [2.24, 2.45) is 7.05 Å². The molecule has 4 heterocycles. The number of aryl methyl sites for hydroxylation is 1. The number of hydrogen-bond donors (Lipinski definition) is 1. The molecule has 1 aromatic carbocycles. The van der Waals surface area contributed by atoms with E-state index in [1.54, 1.807) is 17.8 Å². The van der Waals surface area contributed by atoms with Gasteiger partial charge in [0.25, 0.3) is 0 Å². The number of carbonyl (C=O) groups excluding carboxylic acids is 2. The summed E-state index contributed by atoms with van der Waals surface area (Å²) in [4.78, 5) is 39.6. The number of piperazine rings is 1. The van der Waals surface area contributed by atoms with Crippen LogP contribution in [0.3, 0.4) is 0 Å². The van der Waals surface area contributed by atoms with Crippen LogP contribution in [0.1, 0.15) is 12.5 Å². The molecule has 2 aliphatic rings. The van der Waals surface area contributed by atoms with Crippen LogP contribution in [-0.2, 0) is 22.8 Å². The molecular formula is C22H23F3N8O2. The summed E-state index contributed by atoms with van der Waals surface area (Å²) in [6, 6.07) is 2.44. The molecule has 1 saturated heterocycles. The van der Waals surface area contributed by atoms with E-state index in [9.17, 15) is 22.8 Å². The summed E-state index contributed by atoms with van der Waals surface area (Å²) in [6.07, 6.45) is -1.32. The van der Waals surface area contributed by atoms with Crippen molar-refractivity contribution in [2.75, 3.05) is 47.8 Å². The van der Waals surface area contributed by atoms with Gasteiger partial charge in [-0.05, 0) is 25.1 Å². The van der Waals surface area contributed by atoms with Gasteiger partial charge in [0.15, 0.2) is 5.65 Å². The van der Waals surface area contributed by atoms with Gasteiger partial charge in [0, 0.05) is 33.2 Å². The molecule has 2 aliphatic heterocycles. The lowest BCUT2D eigenvalue weighted by molar-refractivity contribution is -0.137. The Morgan fingerprint density at radius 1 is 1.14 bits per heavy atom. The van der Waals surface area contributed by atoms with Gasteiger partial charge in [-0.25, -0.2) is 9.97 Å². The average molecular weight is 488 g/mol. The maximum absolute atomic E-state index is 13.4. The van der Waals surface area contributed by atoms with Crippen LogP contribution >= 0.6 is 0 Å².